The molecule has 8 heteroatoms. The van der Waals surface area contributed by atoms with Crippen molar-refractivity contribution in [2.45, 2.75) is 19.4 Å². The minimum atomic E-state index is -1.22. The lowest BCUT2D eigenvalue weighted by atomic mass is 10.2. The number of aryl methyl sites for hydroxylation is 1. The van der Waals surface area contributed by atoms with Crippen LogP contribution in [0.1, 0.15) is 12.0 Å². The van der Waals surface area contributed by atoms with Crippen LogP contribution >= 0.6 is 11.6 Å². The summed E-state index contributed by atoms with van der Waals surface area (Å²) < 4.78 is 5.10. The number of carbonyl (C=O) groups excluding carboxylic acids is 1. The van der Waals surface area contributed by atoms with E-state index in [1.54, 1.807) is 19.1 Å². The van der Waals surface area contributed by atoms with Crippen LogP contribution in [0.15, 0.2) is 12.1 Å². The summed E-state index contributed by atoms with van der Waals surface area (Å²) >= 11 is 5.95. The predicted molar refractivity (Wildman–Crippen MR) is 78.0 cm³/mol. The number of benzene rings is 1. The summed E-state index contributed by atoms with van der Waals surface area (Å²) in [6, 6.07) is 1.28. The number of carboxylic acids is 1. The van der Waals surface area contributed by atoms with E-state index >= 15 is 0 Å². The maximum absolute atomic E-state index is 11.8. The van der Waals surface area contributed by atoms with Crippen LogP contribution in [0.25, 0.3) is 0 Å². The Bertz CT molecular complexity index is 536. The Labute approximate surface area is 126 Å². The molecule has 0 bridgehead atoms. The van der Waals surface area contributed by atoms with Crippen LogP contribution in [0, 0.1) is 6.92 Å². The molecule has 1 atom stereocenters. The third kappa shape index (κ3) is 4.80. The number of hydrogen-bond donors (Lipinski definition) is 4. The Kier molecular flexibility index (Phi) is 6.26. The van der Waals surface area contributed by atoms with Crippen molar-refractivity contribution in [2.75, 3.05) is 19.0 Å². The normalized spacial score (nSPS) is 11.6. The summed E-state index contributed by atoms with van der Waals surface area (Å²) in [5, 5.41) is 22.9. The van der Waals surface area contributed by atoms with E-state index < -0.39 is 18.0 Å². The first-order chi connectivity index (χ1) is 9.88. The van der Waals surface area contributed by atoms with Crippen molar-refractivity contribution in [2.24, 2.45) is 0 Å². The zero-order chi connectivity index (χ0) is 16.0. The molecule has 0 aliphatic carbocycles. The van der Waals surface area contributed by atoms with Crippen LogP contribution in [-0.4, -0.2) is 42.0 Å². The summed E-state index contributed by atoms with van der Waals surface area (Å²) in [4.78, 5) is 22.7. The monoisotopic (exact) mass is 316 g/mol. The van der Waals surface area contributed by atoms with Crippen molar-refractivity contribution in [1.82, 2.24) is 5.32 Å². The molecule has 1 rings (SSSR count). The number of hydrogen-bond acceptors (Lipinski definition) is 4. The molecule has 1 aromatic rings. The quantitative estimate of drug-likeness (QED) is 0.638. The fourth-order valence-electron chi connectivity index (χ4n) is 1.63. The number of carbonyl (C=O) groups is 2. The highest BCUT2D eigenvalue weighted by Gasteiger charge is 2.20. The minimum Gasteiger partial charge on any atom is -0.495 e. The molecular formula is C13H17ClN2O5. The van der Waals surface area contributed by atoms with Gasteiger partial charge in [-0.1, -0.05) is 11.6 Å². The van der Waals surface area contributed by atoms with Gasteiger partial charge in [0, 0.05) is 24.1 Å². The average molecular weight is 317 g/mol. The lowest BCUT2D eigenvalue weighted by molar-refractivity contribution is -0.139. The summed E-state index contributed by atoms with van der Waals surface area (Å²) in [6.07, 6.45) is -0.0838. The Morgan fingerprint density at radius 1 is 1.43 bits per heavy atom. The van der Waals surface area contributed by atoms with Gasteiger partial charge in [0.25, 0.3) is 0 Å². The maximum atomic E-state index is 11.8. The van der Waals surface area contributed by atoms with Crippen LogP contribution in [-0.2, 0) is 4.79 Å². The summed E-state index contributed by atoms with van der Waals surface area (Å²) in [5.41, 5.74) is 1.10. The number of halogens is 1. The van der Waals surface area contributed by atoms with E-state index in [-0.39, 0.29) is 13.0 Å². The molecule has 0 heterocycles. The third-order valence-corrected chi connectivity index (χ3v) is 3.16. The van der Waals surface area contributed by atoms with Gasteiger partial charge in [-0.15, -0.1) is 0 Å². The summed E-state index contributed by atoms with van der Waals surface area (Å²) in [6.45, 7) is 1.41. The first-order valence-electron chi connectivity index (χ1n) is 6.14. The number of aliphatic carboxylic acids is 1. The second kappa shape index (κ2) is 7.70. The first kappa shape index (κ1) is 17.1. The molecule has 0 saturated heterocycles. The number of carboxylic acid groups (broad SMARTS) is 1. The number of methoxy groups -OCH3 is 1. The Hall–Kier alpha value is -1.99. The van der Waals surface area contributed by atoms with E-state index in [2.05, 4.69) is 10.6 Å². The molecule has 116 valence electrons. The minimum absolute atomic E-state index is 0.0838. The number of ether oxygens (including phenoxy) is 1. The number of amides is 2. The van der Waals surface area contributed by atoms with Gasteiger partial charge in [-0.25, -0.2) is 9.59 Å². The molecule has 21 heavy (non-hydrogen) atoms. The highest BCUT2D eigenvalue weighted by Crippen LogP contribution is 2.30. The SMILES string of the molecule is COc1cc(Cl)c(C)cc1NC(=O)NC(CCO)C(=O)O. The van der Waals surface area contributed by atoms with Crippen molar-refractivity contribution >= 4 is 29.3 Å². The number of nitrogens with one attached hydrogen (secondary N) is 2. The maximum Gasteiger partial charge on any atom is 0.326 e. The second-order valence-electron chi connectivity index (χ2n) is 4.30. The van der Waals surface area contributed by atoms with Crippen LogP contribution < -0.4 is 15.4 Å². The van der Waals surface area contributed by atoms with Gasteiger partial charge >= 0.3 is 12.0 Å². The second-order valence-corrected chi connectivity index (χ2v) is 4.71. The zero-order valence-corrected chi connectivity index (χ0v) is 12.4. The molecule has 2 amide bonds. The molecule has 1 unspecified atom stereocenters. The van der Waals surface area contributed by atoms with Gasteiger partial charge in [-0.2, -0.15) is 0 Å². The van der Waals surface area contributed by atoms with E-state index in [0.29, 0.717) is 16.5 Å². The summed E-state index contributed by atoms with van der Waals surface area (Å²) in [7, 11) is 1.43. The predicted octanol–water partition coefficient (Wildman–Crippen LogP) is 1.61. The van der Waals surface area contributed by atoms with E-state index in [1.165, 1.54) is 7.11 Å². The molecule has 1 aromatic carbocycles. The lowest BCUT2D eigenvalue weighted by Gasteiger charge is -2.16. The lowest BCUT2D eigenvalue weighted by Crippen LogP contribution is -2.43. The number of rotatable bonds is 6. The fraction of sp³-hybridized carbons (Fsp3) is 0.385. The standard InChI is InChI=1S/C13H17ClN2O5/c1-7-5-10(11(21-2)6-8(7)14)16-13(20)15-9(3-4-17)12(18)19/h5-6,9,17H,3-4H2,1-2H3,(H,18,19)(H2,15,16,20). The highest BCUT2D eigenvalue weighted by molar-refractivity contribution is 6.31. The zero-order valence-electron chi connectivity index (χ0n) is 11.6. The van der Waals surface area contributed by atoms with Gasteiger partial charge < -0.3 is 25.6 Å². The molecule has 0 spiro atoms. The molecule has 0 aliphatic rings. The molecule has 7 nitrogen and oxygen atoms in total. The Morgan fingerprint density at radius 2 is 2.10 bits per heavy atom. The van der Waals surface area contributed by atoms with Crippen molar-refractivity contribution in [3.63, 3.8) is 0 Å². The third-order valence-electron chi connectivity index (χ3n) is 2.75. The molecule has 0 saturated carbocycles. The van der Waals surface area contributed by atoms with E-state index in [9.17, 15) is 9.59 Å². The van der Waals surface area contributed by atoms with Crippen molar-refractivity contribution < 1.29 is 24.5 Å². The first-order valence-corrected chi connectivity index (χ1v) is 6.52. The fourth-order valence-corrected chi connectivity index (χ4v) is 1.79. The number of anilines is 1. The molecular weight excluding hydrogens is 300 g/mol. The Balaban J connectivity index is 2.83. The van der Waals surface area contributed by atoms with Crippen molar-refractivity contribution in [1.29, 1.82) is 0 Å². The largest absolute Gasteiger partial charge is 0.495 e. The van der Waals surface area contributed by atoms with E-state index in [1.807, 2.05) is 0 Å². The molecule has 0 aliphatic heterocycles. The molecule has 0 radical (unpaired) electrons. The average Bonchev–Trinajstić information content (AvgIpc) is 2.42. The molecule has 0 fully saturated rings. The van der Waals surface area contributed by atoms with Crippen molar-refractivity contribution in [3.8, 4) is 5.75 Å². The van der Waals surface area contributed by atoms with Crippen LogP contribution in [0.3, 0.4) is 0 Å². The van der Waals surface area contributed by atoms with Crippen LogP contribution in [0.2, 0.25) is 5.02 Å². The van der Waals surface area contributed by atoms with E-state index in [4.69, 9.17) is 26.6 Å². The van der Waals surface area contributed by atoms with Gasteiger partial charge in [-0.05, 0) is 18.6 Å². The van der Waals surface area contributed by atoms with Crippen LogP contribution in [0.4, 0.5) is 10.5 Å². The van der Waals surface area contributed by atoms with Crippen molar-refractivity contribution in [3.05, 3.63) is 22.7 Å². The highest BCUT2D eigenvalue weighted by atomic mass is 35.5. The molecule has 0 aromatic heterocycles. The van der Waals surface area contributed by atoms with Gasteiger partial charge in [0.05, 0.1) is 12.8 Å². The topological polar surface area (TPSA) is 108 Å². The summed E-state index contributed by atoms with van der Waals surface area (Å²) in [5.74, 6) is -0.867. The van der Waals surface area contributed by atoms with Gasteiger partial charge in [0.2, 0.25) is 0 Å². The number of aliphatic hydroxyl groups excluding tert-OH is 1. The van der Waals surface area contributed by atoms with Crippen LogP contribution in [0.5, 0.6) is 5.75 Å². The van der Waals surface area contributed by atoms with E-state index in [0.717, 1.165) is 5.56 Å². The van der Waals surface area contributed by atoms with Gasteiger partial charge in [-0.3, -0.25) is 0 Å². The smallest absolute Gasteiger partial charge is 0.326 e. The van der Waals surface area contributed by atoms with Gasteiger partial charge in [0.1, 0.15) is 11.8 Å². The number of urea groups is 1. The number of aliphatic hydroxyl groups is 1. The van der Waals surface area contributed by atoms with Gasteiger partial charge in [0.15, 0.2) is 0 Å². The Morgan fingerprint density at radius 3 is 2.62 bits per heavy atom. The molecule has 4 N–H and O–H groups in total.